The number of nitrogens with zero attached hydrogens (tertiary/aromatic N) is 2. The summed E-state index contributed by atoms with van der Waals surface area (Å²) in [5, 5.41) is 0. The van der Waals surface area contributed by atoms with E-state index >= 15 is 0 Å². The fraction of sp³-hybridized carbons (Fsp3) is 0.176. The van der Waals surface area contributed by atoms with Crippen LogP contribution in [0.25, 0.3) is 0 Å². The van der Waals surface area contributed by atoms with Gasteiger partial charge in [-0.25, -0.2) is 16.8 Å². The van der Waals surface area contributed by atoms with Gasteiger partial charge in [-0.1, -0.05) is 25.6 Å². The Kier molecular flexibility index (Phi) is 6.36. The topological polar surface area (TPSA) is 218 Å². The van der Waals surface area contributed by atoms with E-state index in [1.54, 1.807) is 0 Å². The standard InChI is InChI=1S/C17H16N2O12S4/c1-9-7-8-11-14(17(9)33(24,25)19(3)35(29,30)31)16(21)10-5-4-6-12(13(10)15(11)20)32(22,23)18(2)34(26,27)28/h4-8H,1-3H3,(H,26,27,28)(H,29,30,31). The van der Waals surface area contributed by atoms with Gasteiger partial charge in [0.2, 0.25) is 0 Å². The molecule has 18 heteroatoms. The molecule has 1 aliphatic carbocycles. The van der Waals surface area contributed by atoms with Crippen LogP contribution in [0.3, 0.4) is 0 Å². The summed E-state index contributed by atoms with van der Waals surface area (Å²) in [5.41, 5.74) is -2.96. The average molecular weight is 569 g/mol. The molecule has 14 nitrogen and oxygen atoms in total. The van der Waals surface area contributed by atoms with Crippen LogP contribution in [0.1, 0.15) is 37.4 Å². The molecule has 190 valence electrons. The van der Waals surface area contributed by atoms with Gasteiger partial charge in [-0.05, 0) is 24.6 Å². The van der Waals surface area contributed by atoms with Gasteiger partial charge in [0, 0.05) is 25.2 Å². The van der Waals surface area contributed by atoms with Crippen LogP contribution in [0.5, 0.6) is 0 Å². The zero-order valence-electron chi connectivity index (χ0n) is 17.9. The third kappa shape index (κ3) is 4.20. The van der Waals surface area contributed by atoms with E-state index in [2.05, 4.69) is 0 Å². The van der Waals surface area contributed by atoms with Crippen molar-refractivity contribution in [1.82, 2.24) is 7.42 Å². The van der Waals surface area contributed by atoms with Crippen LogP contribution in [0.15, 0.2) is 40.1 Å². The number of benzene rings is 2. The smallest absolute Gasteiger partial charge is 0.289 e. The van der Waals surface area contributed by atoms with Crippen molar-refractivity contribution in [1.29, 1.82) is 0 Å². The zero-order valence-corrected chi connectivity index (χ0v) is 21.2. The molecule has 0 saturated carbocycles. The fourth-order valence-electron chi connectivity index (χ4n) is 3.39. The van der Waals surface area contributed by atoms with E-state index in [4.69, 9.17) is 4.55 Å². The third-order valence-electron chi connectivity index (χ3n) is 5.19. The van der Waals surface area contributed by atoms with Crippen molar-refractivity contribution in [2.24, 2.45) is 0 Å². The first-order valence-electron chi connectivity index (χ1n) is 9.04. The number of sulfonamides is 2. The van der Waals surface area contributed by atoms with Gasteiger partial charge >= 0.3 is 20.6 Å². The van der Waals surface area contributed by atoms with Crippen molar-refractivity contribution in [3.05, 3.63) is 58.1 Å². The summed E-state index contributed by atoms with van der Waals surface area (Å²) in [7, 11) is -19.8. The van der Waals surface area contributed by atoms with Crippen molar-refractivity contribution < 1.29 is 52.4 Å². The van der Waals surface area contributed by atoms with Crippen LogP contribution in [-0.2, 0) is 40.7 Å². The minimum Gasteiger partial charge on any atom is -0.289 e. The number of ketones is 2. The van der Waals surface area contributed by atoms with Crippen molar-refractivity contribution in [3.8, 4) is 0 Å². The van der Waals surface area contributed by atoms with Crippen molar-refractivity contribution in [2.75, 3.05) is 14.1 Å². The normalized spacial score (nSPS) is 14.8. The lowest BCUT2D eigenvalue weighted by Crippen LogP contribution is -2.36. The maximum Gasteiger partial charge on any atom is 0.349 e. The van der Waals surface area contributed by atoms with E-state index in [0.717, 1.165) is 30.3 Å². The molecule has 2 aromatic carbocycles. The van der Waals surface area contributed by atoms with Gasteiger partial charge < -0.3 is 0 Å². The third-order valence-corrected chi connectivity index (χ3v) is 12.1. The first-order chi connectivity index (χ1) is 15.8. The van der Waals surface area contributed by atoms with Crippen LogP contribution in [0.2, 0.25) is 0 Å². The molecular weight excluding hydrogens is 552 g/mol. The molecule has 0 unspecified atom stereocenters. The van der Waals surface area contributed by atoms with Crippen LogP contribution in [0, 0.1) is 6.92 Å². The summed E-state index contributed by atoms with van der Waals surface area (Å²) in [6.45, 7) is 1.19. The van der Waals surface area contributed by atoms with Gasteiger partial charge in [0.25, 0.3) is 20.0 Å². The summed E-state index contributed by atoms with van der Waals surface area (Å²) in [6, 6.07) is 4.84. The van der Waals surface area contributed by atoms with Crippen LogP contribution >= 0.6 is 0 Å². The summed E-state index contributed by atoms with van der Waals surface area (Å²) in [5.74, 6) is -2.38. The molecule has 0 fully saturated rings. The Morgan fingerprint density at radius 3 is 1.63 bits per heavy atom. The Hall–Kier alpha value is -2.58. The number of carbonyl (C=O) groups is 2. The lowest BCUT2D eigenvalue weighted by molar-refractivity contribution is 0.0974. The number of carbonyl (C=O) groups excluding carboxylic acids is 2. The largest absolute Gasteiger partial charge is 0.349 e. The molecule has 3 rings (SSSR count). The molecule has 0 bridgehead atoms. The quantitative estimate of drug-likeness (QED) is 0.364. The van der Waals surface area contributed by atoms with Crippen LogP contribution in [-0.4, -0.2) is 75.9 Å². The molecule has 1 aliphatic rings. The summed E-state index contributed by atoms with van der Waals surface area (Å²) < 4.78 is 115. The zero-order chi connectivity index (χ0) is 26.9. The van der Waals surface area contributed by atoms with Gasteiger partial charge in [0.15, 0.2) is 11.6 Å². The Balaban J connectivity index is 2.40. The maximum absolute atomic E-state index is 13.4. The van der Waals surface area contributed by atoms with E-state index < -0.39 is 91.7 Å². The Labute approximate surface area is 200 Å². The molecule has 0 heterocycles. The number of aryl methyl sites for hydroxylation is 1. The highest BCUT2D eigenvalue weighted by atomic mass is 32.3. The molecule has 0 atom stereocenters. The predicted molar refractivity (Wildman–Crippen MR) is 117 cm³/mol. The van der Waals surface area contributed by atoms with Gasteiger partial charge in [-0.3, -0.25) is 18.7 Å². The predicted octanol–water partition coefficient (Wildman–Crippen LogP) is -0.383. The molecular formula is C17H16N2O12S4. The Bertz CT molecular complexity index is 1740. The Morgan fingerprint density at radius 1 is 0.657 bits per heavy atom. The van der Waals surface area contributed by atoms with E-state index in [1.165, 1.54) is 6.92 Å². The second-order valence-corrected chi connectivity index (χ2v) is 14.4. The molecule has 0 saturated heterocycles. The number of hydrogen-bond donors (Lipinski definition) is 2. The highest BCUT2D eigenvalue weighted by Crippen LogP contribution is 2.37. The molecule has 0 aliphatic heterocycles. The van der Waals surface area contributed by atoms with Gasteiger partial charge in [0.1, 0.15) is 0 Å². The average Bonchev–Trinajstić information content (AvgIpc) is 2.74. The summed E-state index contributed by atoms with van der Waals surface area (Å²) in [4.78, 5) is 24.8. The second kappa shape index (κ2) is 8.23. The van der Waals surface area contributed by atoms with Crippen LogP contribution in [0.4, 0.5) is 0 Å². The molecule has 0 spiro atoms. The summed E-state index contributed by atoms with van der Waals surface area (Å²) >= 11 is 0. The van der Waals surface area contributed by atoms with Gasteiger partial charge in [-0.2, -0.15) is 16.8 Å². The minimum atomic E-state index is -5.31. The SMILES string of the molecule is Cc1ccc2c(c1S(=O)(=O)N(C)S(=O)(=O)O)C(=O)c1cccc(S(=O)(=O)N(C)S(=O)(=O)O)c1C2=O. The van der Waals surface area contributed by atoms with Crippen molar-refractivity contribution in [2.45, 2.75) is 16.7 Å². The molecule has 0 aromatic heterocycles. The molecule has 0 amide bonds. The van der Waals surface area contributed by atoms with Crippen molar-refractivity contribution in [3.63, 3.8) is 0 Å². The fourth-order valence-corrected chi connectivity index (χ4v) is 8.02. The highest BCUT2D eigenvalue weighted by molar-refractivity contribution is 8.02. The van der Waals surface area contributed by atoms with E-state index in [0.29, 0.717) is 14.1 Å². The number of rotatable bonds is 6. The number of fused-ring (bicyclic) bond motifs is 2. The van der Waals surface area contributed by atoms with Crippen molar-refractivity contribution >= 4 is 52.2 Å². The first kappa shape index (κ1) is 27.0. The lowest BCUT2D eigenvalue weighted by Gasteiger charge is -2.25. The summed E-state index contributed by atoms with van der Waals surface area (Å²) in [6.07, 6.45) is 0. The maximum atomic E-state index is 13.4. The first-order valence-corrected chi connectivity index (χ1v) is 14.7. The highest BCUT2D eigenvalue weighted by Gasteiger charge is 2.43. The lowest BCUT2D eigenvalue weighted by atomic mass is 9.83. The molecule has 2 aromatic rings. The number of hydrogen-bond acceptors (Lipinski definition) is 10. The monoisotopic (exact) mass is 568 g/mol. The van der Waals surface area contributed by atoms with Crippen LogP contribution < -0.4 is 0 Å². The second-order valence-electron chi connectivity index (χ2n) is 7.20. The van der Waals surface area contributed by atoms with Gasteiger partial charge in [0.05, 0.1) is 20.9 Å². The molecule has 35 heavy (non-hydrogen) atoms. The van der Waals surface area contributed by atoms with E-state index in [-0.39, 0.29) is 5.56 Å². The molecule has 2 N–H and O–H groups in total. The van der Waals surface area contributed by atoms with E-state index in [9.17, 15) is 47.8 Å². The van der Waals surface area contributed by atoms with E-state index in [1.807, 2.05) is 0 Å². The Morgan fingerprint density at radius 2 is 1.11 bits per heavy atom. The van der Waals surface area contributed by atoms with Gasteiger partial charge in [-0.15, -0.1) is 0 Å². The minimum absolute atomic E-state index is 0.168. The molecule has 0 radical (unpaired) electrons.